The molecule has 0 spiro atoms. The highest BCUT2D eigenvalue weighted by molar-refractivity contribution is 5.82. The van der Waals surface area contributed by atoms with Gasteiger partial charge in [0.05, 0.1) is 11.8 Å². The lowest BCUT2D eigenvalue weighted by molar-refractivity contribution is -0.146. The Morgan fingerprint density at radius 2 is 1.53 bits per heavy atom. The number of hydrogen-bond acceptors (Lipinski definition) is 4. The second-order valence-electron chi connectivity index (χ2n) is 9.74. The molecule has 0 radical (unpaired) electrons. The summed E-state index contributed by atoms with van der Waals surface area (Å²) in [5.41, 5.74) is 4.62. The molecule has 0 aromatic heterocycles. The van der Waals surface area contributed by atoms with Crippen LogP contribution in [0.2, 0.25) is 0 Å². The highest BCUT2D eigenvalue weighted by Crippen LogP contribution is 2.44. The molecule has 2 aliphatic rings. The van der Waals surface area contributed by atoms with E-state index in [4.69, 9.17) is 9.84 Å². The van der Waals surface area contributed by atoms with Gasteiger partial charge in [-0.3, -0.25) is 9.59 Å². The number of rotatable bonds is 8. The molecule has 2 atom stereocenters. The Bertz CT molecular complexity index is 1030. The van der Waals surface area contributed by atoms with E-state index in [-0.39, 0.29) is 36.3 Å². The second kappa shape index (κ2) is 9.87. The molecule has 0 aliphatic heterocycles. The van der Waals surface area contributed by atoms with Gasteiger partial charge in [-0.05, 0) is 47.9 Å². The molecular weight excluding hydrogens is 432 g/mol. The summed E-state index contributed by atoms with van der Waals surface area (Å²) in [4.78, 5) is 36.5. The van der Waals surface area contributed by atoms with Crippen LogP contribution in [0.4, 0.5) is 4.79 Å². The number of carbonyl (C=O) groups excluding carboxylic acids is 2. The standard InChI is InChI=1S/C27H32N2O5/c1-15(2)24(25(30)29-18-12-17(13-18)26(31)32)16(3)28-27(33)34-14-23-21-10-6-4-8-19(21)20-9-5-7-11-22(20)23/h4-11,15-18,23-24H,12-14H2,1-3H3,(H,28,33)(H,29,30)(H,31,32). The van der Waals surface area contributed by atoms with E-state index in [0.717, 1.165) is 22.3 Å². The van der Waals surface area contributed by atoms with E-state index in [2.05, 4.69) is 34.9 Å². The van der Waals surface area contributed by atoms with Gasteiger partial charge in [-0.2, -0.15) is 0 Å². The van der Waals surface area contributed by atoms with Crippen molar-refractivity contribution in [2.75, 3.05) is 6.61 Å². The smallest absolute Gasteiger partial charge is 0.407 e. The van der Waals surface area contributed by atoms with E-state index < -0.39 is 24.0 Å². The Morgan fingerprint density at radius 3 is 2.06 bits per heavy atom. The maximum absolute atomic E-state index is 12.9. The Hall–Kier alpha value is -3.35. The van der Waals surface area contributed by atoms with E-state index >= 15 is 0 Å². The number of aliphatic carboxylic acids is 1. The summed E-state index contributed by atoms with van der Waals surface area (Å²) in [7, 11) is 0. The molecule has 4 rings (SSSR count). The van der Waals surface area contributed by atoms with Crippen LogP contribution in [0.25, 0.3) is 11.1 Å². The van der Waals surface area contributed by atoms with E-state index in [9.17, 15) is 14.4 Å². The Labute approximate surface area is 199 Å². The van der Waals surface area contributed by atoms with Crippen LogP contribution in [0.3, 0.4) is 0 Å². The molecule has 34 heavy (non-hydrogen) atoms. The van der Waals surface area contributed by atoms with Gasteiger partial charge in [-0.1, -0.05) is 62.4 Å². The van der Waals surface area contributed by atoms with Gasteiger partial charge in [0.1, 0.15) is 6.61 Å². The number of carboxylic acid groups (broad SMARTS) is 1. The maximum Gasteiger partial charge on any atom is 0.407 e. The molecule has 180 valence electrons. The molecule has 0 saturated heterocycles. The van der Waals surface area contributed by atoms with Gasteiger partial charge in [0.15, 0.2) is 0 Å². The van der Waals surface area contributed by atoms with Gasteiger partial charge in [0.2, 0.25) is 5.91 Å². The van der Waals surface area contributed by atoms with Gasteiger partial charge < -0.3 is 20.5 Å². The van der Waals surface area contributed by atoms with Crippen LogP contribution < -0.4 is 10.6 Å². The van der Waals surface area contributed by atoms with Crippen molar-refractivity contribution in [3.05, 3.63) is 59.7 Å². The van der Waals surface area contributed by atoms with E-state index in [1.54, 1.807) is 6.92 Å². The lowest BCUT2D eigenvalue weighted by atomic mass is 9.79. The second-order valence-corrected chi connectivity index (χ2v) is 9.74. The summed E-state index contributed by atoms with van der Waals surface area (Å²) in [5.74, 6) is -1.88. The molecular formula is C27H32N2O5. The molecule has 2 aliphatic carbocycles. The molecule has 3 N–H and O–H groups in total. The van der Waals surface area contributed by atoms with Gasteiger partial charge in [0.25, 0.3) is 0 Å². The largest absolute Gasteiger partial charge is 0.481 e. The van der Waals surface area contributed by atoms with Crippen LogP contribution in [0.1, 0.15) is 50.7 Å². The number of ether oxygens (including phenoxy) is 1. The summed E-state index contributed by atoms with van der Waals surface area (Å²) in [5, 5.41) is 14.8. The van der Waals surface area contributed by atoms with Crippen LogP contribution in [0.15, 0.2) is 48.5 Å². The fraction of sp³-hybridized carbons (Fsp3) is 0.444. The molecule has 2 amide bonds. The quantitative estimate of drug-likeness (QED) is 0.544. The highest BCUT2D eigenvalue weighted by atomic mass is 16.5. The topological polar surface area (TPSA) is 105 Å². The van der Waals surface area contributed by atoms with Crippen LogP contribution in [-0.2, 0) is 14.3 Å². The predicted molar refractivity (Wildman–Crippen MR) is 128 cm³/mol. The minimum absolute atomic E-state index is 0.0146. The third-order valence-corrected chi connectivity index (χ3v) is 7.08. The van der Waals surface area contributed by atoms with Crippen molar-refractivity contribution >= 4 is 18.0 Å². The first-order valence-corrected chi connectivity index (χ1v) is 11.9. The molecule has 1 fully saturated rings. The Balaban J connectivity index is 1.34. The van der Waals surface area contributed by atoms with Crippen molar-refractivity contribution < 1.29 is 24.2 Å². The summed E-state index contributed by atoms with van der Waals surface area (Å²) < 4.78 is 5.63. The summed E-state index contributed by atoms with van der Waals surface area (Å²) >= 11 is 0. The van der Waals surface area contributed by atoms with Crippen LogP contribution in [-0.4, -0.2) is 41.8 Å². The van der Waals surface area contributed by atoms with E-state index in [1.807, 2.05) is 38.1 Å². The Morgan fingerprint density at radius 1 is 0.971 bits per heavy atom. The van der Waals surface area contributed by atoms with Crippen LogP contribution in [0, 0.1) is 17.8 Å². The molecule has 0 heterocycles. The molecule has 0 bridgehead atoms. The molecule has 2 aromatic rings. The predicted octanol–water partition coefficient (Wildman–Crippen LogP) is 4.17. The molecule has 7 nitrogen and oxygen atoms in total. The summed E-state index contributed by atoms with van der Waals surface area (Å²) in [6.45, 7) is 5.87. The number of alkyl carbamates (subject to hydrolysis) is 1. The van der Waals surface area contributed by atoms with Gasteiger partial charge in [0, 0.05) is 18.0 Å². The minimum Gasteiger partial charge on any atom is -0.481 e. The maximum atomic E-state index is 12.9. The summed E-state index contributed by atoms with van der Waals surface area (Å²) in [6.07, 6.45) is 0.336. The van der Waals surface area contributed by atoms with Crippen molar-refractivity contribution in [1.29, 1.82) is 0 Å². The number of carbonyl (C=O) groups is 3. The zero-order valence-electron chi connectivity index (χ0n) is 19.8. The minimum atomic E-state index is -0.823. The fourth-order valence-electron chi connectivity index (χ4n) is 5.26. The molecule has 2 aromatic carbocycles. The van der Waals surface area contributed by atoms with Crippen LogP contribution in [0.5, 0.6) is 0 Å². The SMILES string of the molecule is CC(C)C(C(=O)NC1CC(C(=O)O)C1)C(C)NC(=O)OCC1c2ccccc2-c2ccccc21. The number of nitrogens with one attached hydrogen (secondary N) is 2. The average Bonchev–Trinajstić information content (AvgIpc) is 3.08. The zero-order valence-corrected chi connectivity index (χ0v) is 19.8. The first kappa shape index (κ1) is 23.8. The van der Waals surface area contributed by atoms with Gasteiger partial charge >= 0.3 is 12.1 Å². The van der Waals surface area contributed by atoms with Crippen LogP contribution >= 0.6 is 0 Å². The number of hydrogen-bond donors (Lipinski definition) is 3. The molecule has 1 saturated carbocycles. The van der Waals surface area contributed by atoms with Crippen molar-refractivity contribution in [1.82, 2.24) is 10.6 Å². The first-order chi connectivity index (χ1) is 16.3. The number of amides is 2. The van der Waals surface area contributed by atoms with E-state index in [0.29, 0.717) is 12.8 Å². The third-order valence-electron chi connectivity index (χ3n) is 7.08. The third kappa shape index (κ3) is 4.79. The van der Waals surface area contributed by atoms with Crippen molar-refractivity contribution in [2.45, 2.75) is 51.6 Å². The summed E-state index contributed by atoms with van der Waals surface area (Å²) in [6, 6.07) is 15.7. The number of carboxylic acids is 1. The molecule has 2 unspecified atom stereocenters. The normalized spacial score (nSPS) is 20.5. The van der Waals surface area contributed by atoms with Gasteiger partial charge in [-0.15, -0.1) is 0 Å². The number of fused-ring (bicyclic) bond motifs is 3. The lowest BCUT2D eigenvalue weighted by Gasteiger charge is -2.35. The Kier molecular flexibility index (Phi) is 6.91. The average molecular weight is 465 g/mol. The number of benzene rings is 2. The highest BCUT2D eigenvalue weighted by Gasteiger charge is 2.38. The van der Waals surface area contributed by atoms with E-state index in [1.165, 1.54) is 0 Å². The van der Waals surface area contributed by atoms with Crippen molar-refractivity contribution in [2.24, 2.45) is 17.8 Å². The van der Waals surface area contributed by atoms with Crippen molar-refractivity contribution in [3.8, 4) is 11.1 Å². The lowest BCUT2D eigenvalue weighted by Crippen LogP contribution is -2.53. The monoisotopic (exact) mass is 464 g/mol. The molecule has 7 heteroatoms. The van der Waals surface area contributed by atoms with Gasteiger partial charge in [-0.25, -0.2) is 4.79 Å². The fourth-order valence-corrected chi connectivity index (χ4v) is 5.26. The zero-order chi connectivity index (χ0) is 24.4. The first-order valence-electron chi connectivity index (χ1n) is 11.9. The van der Waals surface area contributed by atoms with Crippen molar-refractivity contribution in [3.63, 3.8) is 0 Å².